The Bertz CT molecular complexity index is 756. The van der Waals surface area contributed by atoms with Crippen molar-refractivity contribution in [3.63, 3.8) is 0 Å². The third-order valence-corrected chi connectivity index (χ3v) is 6.49. The van der Waals surface area contributed by atoms with Crippen LogP contribution in [0.4, 0.5) is 0 Å². The standard InChI is InChI=1S/C23H39NO6S/c1-5-6-15-23(2,3)21(27)14-13-18-17(19(25)16-20(18)26)11-9-7-8-10-12-22(28)24-31(4,29)30/h10,12-14,17-18,20-21,26-27H,5-9,11,15-16H2,1-4H3,(H,24,28)/b12-10+,14-13+/t17-,18-,20-,21-/m1/s1. The zero-order valence-electron chi connectivity index (χ0n) is 19.2. The van der Waals surface area contributed by atoms with Crippen LogP contribution in [0.15, 0.2) is 24.3 Å². The summed E-state index contributed by atoms with van der Waals surface area (Å²) >= 11 is 0. The van der Waals surface area contributed by atoms with Crippen LogP contribution in [-0.2, 0) is 19.6 Å². The van der Waals surface area contributed by atoms with Crippen molar-refractivity contribution in [3.8, 4) is 0 Å². The number of hydrogen-bond acceptors (Lipinski definition) is 6. The van der Waals surface area contributed by atoms with Crippen LogP contribution in [0.5, 0.6) is 0 Å². The first-order valence-electron chi connectivity index (χ1n) is 11.1. The minimum Gasteiger partial charge on any atom is -0.392 e. The van der Waals surface area contributed by atoms with Crippen molar-refractivity contribution in [1.29, 1.82) is 0 Å². The molecule has 1 fully saturated rings. The van der Waals surface area contributed by atoms with E-state index in [4.69, 9.17) is 0 Å². The maximum Gasteiger partial charge on any atom is 0.257 e. The summed E-state index contributed by atoms with van der Waals surface area (Å²) < 4.78 is 23.8. The number of unbranched alkanes of at least 4 members (excludes halogenated alkanes) is 3. The first-order valence-corrected chi connectivity index (χ1v) is 13.0. The van der Waals surface area contributed by atoms with Gasteiger partial charge in [0.05, 0.1) is 18.5 Å². The highest BCUT2D eigenvalue weighted by Gasteiger charge is 2.39. The summed E-state index contributed by atoms with van der Waals surface area (Å²) in [5, 5.41) is 20.9. The molecule has 1 aliphatic carbocycles. The molecule has 0 aromatic rings. The Morgan fingerprint density at radius 2 is 1.97 bits per heavy atom. The van der Waals surface area contributed by atoms with Gasteiger partial charge in [0, 0.05) is 18.3 Å². The summed E-state index contributed by atoms with van der Waals surface area (Å²) in [5.74, 6) is -1.19. The molecule has 7 nitrogen and oxygen atoms in total. The maximum atomic E-state index is 12.3. The van der Waals surface area contributed by atoms with Crippen LogP contribution in [0.1, 0.15) is 72.1 Å². The number of hydrogen-bond donors (Lipinski definition) is 3. The van der Waals surface area contributed by atoms with Crippen molar-refractivity contribution in [1.82, 2.24) is 4.72 Å². The molecule has 1 saturated carbocycles. The minimum atomic E-state index is -3.56. The number of sulfonamides is 1. The van der Waals surface area contributed by atoms with Crippen molar-refractivity contribution in [2.75, 3.05) is 6.26 Å². The van der Waals surface area contributed by atoms with Gasteiger partial charge in [0.1, 0.15) is 5.78 Å². The number of ketones is 1. The molecule has 178 valence electrons. The predicted molar refractivity (Wildman–Crippen MR) is 122 cm³/mol. The molecule has 1 amide bonds. The van der Waals surface area contributed by atoms with Crippen LogP contribution >= 0.6 is 0 Å². The normalized spacial score (nSPS) is 23.7. The monoisotopic (exact) mass is 457 g/mol. The third-order valence-electron chi connectivity index (χ3n) is 5.91. The van der Waals surface area contributed by atoms with Gasteiger partial charge in [-0.3, -0.25) is 9.59 Å². The Labute approximate surface area is 187 Å². The summed E-state index contributed by atoms with van der Waals surface area (Å²) in [5.41, 5.74) is -0.259. The van der Waals surface area contributed by atoms with Gasteiger partial charge in [0.15, 0.2) is 0 Å². The van der Waals surface area contributed by atoms with Gasteiger partial charge in [-0.1, -0.05) is 58.3 Å². The van der Waals surface area contributed by atoms with Crippen LogP contribution in [0.3, 0.4) is 0 Å². The summed E-state index contributed by atoms with van der Waals surface area (Å²) in [6.07, 6.45) is 11.8. The van der Waals surface area contributed by atoms with Crippen LogP contribution in [0.2, 0.25) is 0 Å². The number of carbonyl (C=O) groups excluding carboxylic acids is 2. The van der Waals surface area contributed by atoms with Gasteiger partial charge < -0.3 is 10.2 Å². The second-order valence-corrected chi connectivity index (χ2v) is 11.0. The Morgan fingerprint density at radius 1 is 1.29 bits per heavy atom. The van der Waals surface area contributed by atoms with E-state index in [1.807, 2.05) is 24.6 Å². The van der Waals surface area contributed by atoms with Crippen LogP contribution < -0.4 is 4.72 Å². The topological polar surface area (TPSA) is 121 Å². The Morgan fingerprint density at radius 3 is 2.58 bits per heavy atom. The van der Waals surface area contributed by atoms with Crippen molar-refractivity contribution >= 4 is 21.7 Å². The summed E-state index contributed by atoms with van der Waals surface area (Å²) in [6, 6.07) is 0. The first-order chi connectivity index (χ1) is 14.4. The number of amides is 1. The predicted octanol–water partition coefficient (Wildman–Crippen LogP) is 2.88. The summed E-state index contributed by atoms with van der Waals surface area (Å²) in [4.78, 5) is 23.7. The number of aliphatic hydroxyl groups is 2. The molecule has 0 radical (unpaired) electrons. The lowest BCUT2D eigenvalue weighted by Gasteiger charge is -2.29. The molecule has 0 aromatic carbocycles. The second-order valence-electron chi connectivity index (χ2n) is 9.27. The molecule has 4 atom stereocenters. The Kier molecular flexibility index (Phi) is 11.1. The Balaban J connectivity index is 2.55. The van der Waals surface area contributed by atoms with E-state index in [9.17, 15) is 28.2 Å². The summed E-state index contributed by atoms with van der Waals surface area (Å²) in [6.45, 7) is 6.16. The fourth-order valence-corrected chi connectivity index (χ4v) is 4.33. The van der Waals surface area contributed by atoms with Gasteiger partial charge in [-0.2, -0.15) is 0 Å². The maximum absolute atomic E-state index is 12.3. The quantitative estimate of drug-likeness (QED) is 0.222. The number of carbonyl (C=O) groups is 2. The van der Waals surface area contributed by atoms with Gasteiger partial charge in [-0.15, -0.1) is 0 Å². The number of nitrogens with one attached hydrogen (secondary N) is 1. The number of Topliss-reactive ketones (excluding diaryl/α,β-unsaturated/α-hetero) is 1. The first kappa shape index (κ1) is 27.5. The molecular weight excluding hydrogens is 418 g/mol. The molecule has 0 aliphatic heterocycles. The molecule has 0 bridgehead atoms. The Hall–Kier alpha value is -1.51. The molecular formula is C23H39NO6S. The molecule has 0 spiro atoms. The van der Waals surface area contributed by atoms with Crippen molar-refractivity contribution < 1.29 is 28.2 Å². The van der Waals surface area contributed by atoms with Gasteiger partial charge in [0.25, 0.3) is 5.91 Å². The fraction of sp³-hybridized carbons (Fsp3) is 0.739. The van der Waals surface area contributed by atoms with Crippen molar-refractivity contribution in [2.45, 2.75) is 84.3 Å². The number of aliphatic hydroxyl groups excluding tert-OH is 2. The van der Waals surface area contributed by atoms with Crippen LogP contribution in [-0.4, -0.2) is 48.8 Å². The summed E-state index contributed by atoms with van der Waals surface area (Å²) in [7, 11) is -3.56. The lowest BCUT2D eigenvalue weighted by atomic mass is 9.80. The van der Waals surface area contributed by atoms with Gasteiger partial charge in [0.2, 0.25) is 10.0 Å². The number of allylic oxidation sites excluding steroid dienone is 1. The molecule has 0 aromatic heterocycles. The lowest BCUT2D eigenvalue weighted by Crippen LogP contribution is -2.28. The van der Waals surface area contributed by atoms with E-state index in [0.717, 1.165) is 38.4 Å². The van der Waals surface area contributed by atoms with E-state index >= 15 is 0 Å². The van der Waals surface area contributed by atoms with E-state index in [1.54, 1.807) is 12.2 Å². The lowest BCUT2D eigenvalue weighted by molar-refractivity contribution is -0.121. The molecule has 0 saturated heterocycles. The molecule has 0 heterocycles. The smallest absolute Gasteiger partial charge is 0.257 e. The van der Waals surface area contributed by atoms with Gasteiger partial charge in [-0.25, -0.2) is 13.1 Å². The molecule has 8 heteroatoms. The van der Waals surface area contributed by atoms with Crippen molar-refractivity contribution in [2.24, 2.45) is 17.3 Å². The van der Waals surface area contributed by atoms with E-state index in [1.165, 1.54) is 6.08 Å². The largest absolute Gasteiger partial charge is 0.392 e. The molecule has 3 N–H and O–H groups in total. The highest BCUT2D eigenvalue weighted by Crippen LogP contribution is 2.35. The van der Waals surface area contributed by atoms with E-state index in [0.29, 0.717) is 12.8 Å². The highest BCUT2D eigenvalue weighted by atomic mass is 32.2. The highest BCUT2D eigenvalue weighted by molar-refractivity contribution is 7.89. The van der Waals surface area contributed by atoms with Crippen molar-refractivity contribution in [3.05, 3.63) is 24.3 Å². The van der Waals surface area contributed by atoms with Gasteiger partial charge in [-0.05, 0) is 37.2 Å². The average molecular weight is 458 g/mol. The molecule has 1 rings (SSSR count). The van der Waals surface area contributed by atoms with E-state index in [-0.39, 0.29) is 29.5 Å². The van der Waals surface area contributed by atoms with E-state index < -0.39 is 28.1 Å². The average Bonchev–Trinajstić information content (AvgIpc) is 2.92. The number of rotatable bonds is 13. The SMILES string of the molecule is CCCCC(C)(C)[C@H](O)/C=C/[C@H]1[C@H](O)CC(=O)[C@@H]1CCCC/C=C/C(=O)NS(C)(=O)=O. The van der Waals surface area contributed by atoms with E-state index in [2.05, 4.69) is 6.92 Å². The minimum absolute atomic E-state index is 0.0463. The fourth-order valence-electron chi connectivity index (χ4n) is 3.90. The zero-order chi connectivity index (χ0) is 23.7. The van der Waals surface area contributed by atoms with Crippen LogP contribution in [0.25, 0.3) is 0 Å². The second kappa shape index (κ2) is 12.5. The molecule has 1 aliphatic rings. The zero-order valence-corrected chi connectivity index (χ0v) is 20.0. The molecule has 31 heavy (non-hydrogen) atoms. The molecule has 0 unspecified atom stereocenters. The van der Waals surface area contributed by atoms with Crippen LogP contribution in [0, 0.1) is 17.3 Å². The van der Waals surface area contributed by atoms with Gasteiger partial charge >= 0.3 is 0 Å². The third kappa shape index (κ3) is 10.1.